The molecule has 1 unspecified atom stereocenters. The number of aliphatic hydroxyl groups is 2. The third-order valence-electron chi connectivity index (χ3n) is 7.23. The number of carbonyl (C=O) groups is 1. The zero-order valence-electron chi connectivity index (χ0n) is 20.4. The number of carbonyl (C=O) groups excluding carboxylic acids is 1. The van der Waals surface area contributed by atoms with Crippen molar-refractivity contribution in [3.63, 3.8) is 0 Å². The monoisotopic (exact) mass is 532 g/mol. The smallest absolute Gasteiger partial charge is 0.410 e. The summed E-state index contributed by atoms with van der Waals surface area (Å²) in [4.78, 5) is 13.8. The standard InChI is InChI=1S/C24H34F2N2O7S/c1-24(6-7-24)35-23(31)27-8-4-19(5-9-27)34-22-20(25)12-17(13-21(22)26)16-2-10-28(11-3-16)36(32,33)15-18(30)14-29/h12-13,16,18-19,29-30H,2-11,14-15H2,1H3. The fourth-order valence-corrected chi connectivity index (χ4v) is 6.24. The molecule has 1 aromatic carbocycles. The molecule has 2 saturated heterocycles. The number of amides is 1. The molecule has 1 aliphatic carbocycles. The second-order valence-electron chi connectivity index (χ2n) is 10.2. The van der Waals surface area contributed by atoms with Crippen molar-refractivity contribution in [2.24, 2.45) is 0 Å². The Balaban J connectivity index is 1.30. The van der Waals surface area contributed by atoms with Gasteiger partial charge >= 0.3 is 6.09 Å². The van der Waals surface area contributed by atoms with Crippen LogP contribution in [0, 0.1) is 11.6 Å². The second-order valence-corrected chi connectivity index (χ2v) is 12.2. The van der Waals surface area contributed by atoms with Crippen molar-refractivity contribution in [3.05, 3.63) is 29.3 Å². The van der Waals surface area contributed by atoms with E-state index < -0.39 is 52.0 Å². The van der Waals surface area contributed by atoms with Crippen LogP contribution in [0.1, 0.15) is 56.9 Å². The molecule has 36 heavy (non-hydrogen) atoms. The fourth-order valence-electron chi connectivity index (χ4n) is 4.67. The van der Waals surface area contributed by atoms with Crippen molar-refractivity contribution in [1.82, 2.24) is 9.21 Å². The van der Waals surface area contributed by atoms with Gasteiger partial charge in [0.2, 0.25) is 10.0 Å². The molecule has 0 aromatic heterocycles. The van der Waals surface area contributed by atoms with Crippen molar-refractivity contribution in [3.8, 4) is 5.75 Å². The van der Waals surface area contributed by atoms with Gasteiger partial charge in [0, 0.05) is 39.0 Å². The van der Waals surface area contributed by atoms with Gasteiger partial charge in [0.15, 0.2) is 17.4 Å². The lowest BCUT2D eigenvalue weighted by Gasteiger charge is -2.33. The van der Waals surface area contributed by atoms with Gasteiger partial charge < -0.3 is 24.6 Å². The Hall–Kier alpha value is -2.02. The van der Waals surface area contributed by atoms with Crippen molar-refractivity contribution in [2.75, 3.05) is 38.5 Å². The molecule has 202 valence electrons. The van der Waals surface area contributed by atoms with E-state index in [4.69, 9.17) is 14.6 Å². The first-order valence-electron chi connectivity index (χ1n) is 12.4. The minimum atomic E-state index is -3.73. The molecule has 3 aliphatic rings. The molecule has 1 atom stereocenters. The van der Waals surface area contributed by atoms with Crippen LogP contribution in [0.2, 0.25) is 0 Å². The minimum absolute atomic E-state index is 0.160. The van der Waals surface area contributed by atoms with Gasteiger partial charge in [-0.1, -0.05) is 0 Å². The number of sulfonamides is 1. The number of aliphatic hydroxyl groups excluding tert-OH is 2. The Kier molecular flexibility index (Phi) is 8.08. The first-order chi connectivity index (χ1) is 17.0. The number of halogens is 2. The molecule has 0 radical (unpaired) electrons. The van der Waals surface area contributed by atoms with Crippen LogP contribution in [0.4, 0.5) is 13.6 Å². The van der Waals surface area contributed by atoms with Crippen molar-refractivity contribution >= 4 is 16.1 Å². The lowest BCUT2D eigenvalue weighted by molar-refractivity contribution is 0.0374. The number of hydrogen-bond donors (Lipinski definition) is 2. The van der Waals surface area contributed by atoms with E-state index in [0.29, 0.717) is 44.3 Å². The largest absolute Gasteiger partial charge is 0.484 e. The van der Waals surface area contributed by atoms with E-state index in [1.807, 2.05) is 6.92 Å². The second kappa shape index (κ2) is 10.8. The molecular formula is C24H34F2N2O7S. The highest BCUT2D eigenvalue weighted by molar-refractivity contribution is 7.89. The number of hydrogen-bond acceptors (Lipinski definition) is 7. The molecule has 1 saturated carbocycles. The van der Waals surface area contributed by atoms with Crippen molar-refractivity contribution in [2.45, 2.75) is 69.2 Å². The number of benzene rings is 1. The van der Waals surface area contributed by atoms with Crippen LogP contribution in [0.25, 0.3) is 0 Å². The highest BCUT2D eigenvalue weighted by Crippen LogP contribution is 2.39. The van der Waals surface area contributed by atoms with E-state index in [2.05, 4.69) is 0 Å². The predicted octanol–water partition coefficient (Wildman–Crippen LogP) is 2.36. The molecule has 1 aromatic rings. The predicted molar refractivity (Wildman–Crippen MR) is 126 cm³/mol. The first-order valence-corrected chi connectivity index (χ1v) is 14.0. The van der Waals surface area contributed by atoms with Crippen LogP contribution in [0.15, 0.2) is 12.1 Å². The summed E-state index contributed by atoms with van der Waals surface area (Å²) in [5, 5.41) is 18.4. The average molecular weight is 533 g/mol. The summed E-state index contributed by atoms with van der Waals surface area (Å²) < 4.78 is 66.8. The number of rotatable bonds is 8. The van der Waals surface area contributed by atoms with Crippen molar-refractivity contribution < 1.29 is 41.7 Å². The van der Waals surface area contributed by atoms with Gasteiger partial charge in [-0.25, -0.2) is 26.3 Å². The Morgan fingerprint density at radius 1 is 1.11 bits per heavy atom. The third kappa shape index (κ3) is 6.45. The molecule has 0 bridgehead atoms. The van der Waals surface area contributed by atoms with Gasteiger partial charge in [-0.05, 0) is 56.2 Å². The summed E-state index contributed by atoms with van der Waals surface area (Å²) in [6, 6.07) is 2.48. The van der Waals surface area contributed by atoms with Crippen LogP contribution in [-0.2, 0) is 14.8 Å². The normalized spacial score (nSPS) is 22.3. The molecule has 0 spiro atoms. The molecule has 3 fully saturated rings. The Morgan fingerprint density at radius 3 is 2.22 bits per heavy atom. The number of piperidine rings is 2. The average Bonchev–Trinajstić information content (AvgIpc) is 3.57. The summed E-state index contributed by atoms with van der Waals surface area (Å²) in [6.07, 6.45) is 1.20. The van der Waals surface area contributed by atoms with E-state index in [1.54, 1.807) is 4.90 Å². The highest BCUT2D eigenvalue weighted by atomic mass is 32.2. The minimum Gasteiger partial charge on any atom is -0.484 e. The molecule has 1 amide bonds. The lowest BCUT2D eigenvalue weighted by atomic mass is 9.90. The molecular weight excluding hydrogens is 498 g/mol. The SMILES string of the molecule is CC1(OC(=O)N2CCC(Oc3c(F)cc(C4CCN(S(=O)(=O)CC(O)CO)CC4)cc3F)CC2)CC1. The van der Waals surface area contributed by atoms with E-state index in [1.165, 1.54) is 16.4 Å². The van der Waals surface area contributed by atoms with Gasteiger partial charge in [0.25, 0.3) is 0 Å². The Bertz CT molecular complexity index is 1030. The third-order valence-corrected chi connectivity index (χ3v) is 9.18. The summed E-state index contributed by atoms with van der Waals surface area (Å²) in [5.41, 5.74) is 0.0852. The first kappa shape index (κ1) is 27.0. The van der Waals surface area contributed by atoms with Crippen LogP contribution in [0.5, 0.6) is 5.75 Å². The zero-order valence-corrected chi connectivity index (χ0v) is 21.2. The van der Waals surface area contributed by atoms with Gasteiger partial charge in [0.05, 0.1) is 18.5 Å². The van der Waals surface area contributed by atoms with E-state index in [9.17, 15) is 27.1 Å². The van der Waals surface area contributed by atoms with Gasteiger partial charge in [-0.2, -0.15) is 0 Å². The van der Waals surface area contributed by atoms with Crippen molar-refractivity contribution in [1.29, 1.82) is 0 Å². The summed E-state index contributed by atoms with van der Waals surface area (Å²) >= 11 is 0. The van der Waals surface area contributed by atoms with E-state index >= 15 is 0 Å². The quantitative estimate of drug-likeness (QED) is 0.528. The Morgan fingerprint density at radius 2 is 1.69 bits per heavy atom. The van der Waals surface area contributed by atoms with Gasteiger partial charge in [-0.3, -0.25) is 0 Å². The zero-order chi connectivity index (χ0) is 26.1. The maximum Gasteiger partial charge on any atom is 0.410 e. The number of nitrogens with zero attached hydrogens (tertiary/aromatic N) is 2. The topological polar surface area (TPSA) is 117 Å². The lowest BCUT2D eigenvalue weighted by Crippen LogP contribution is -2.43. The number of likely N-dealkylation sites (tertiary alicyclic amines) is 1. The van der Waals surface area contributed by atoms with Crippen LogP contribution in [0.3, 0.4) is 0 Å². The molecule has 2 heterocycles. The maximum atomic E-state index is 14.9. The molecule has 9 nitrogen and oxygen atoms in total. The molecule has 2 N–H and O–H groups in total. The van der Waals surface area contributed by atoms with E-state index in [-0.39, 0.29) is 30.7 Å². The molecule has 4 rings (SSSR count). The van der Waals surface area contributed by atoms with Gasteiger partial charge in [-0.15, -0.1) is 0 Å². The van der Waals surface area contributed by atoms with Gasteiger partial charge in [0.1, 0.15) is 11.7 Å². The number of ether oxygens (including phenoxy) is 2. The summed E-state index contributed by atoms with van der Waals surface area (Å²) in [6.45, 7) is 2.34. The highest BCUT2D eigenvalue weighted by Gasteiger charge is 2.43. The summed E-state index contributed by atoms with van der Waals surface area (Å²) in [7, 11) is -3.73. The molecule has 2 aliphatic heterocycles. The Labute approximate surface area is 210 Å². The molecule has 12 heteroatoms. The van der Waals surface area contributed by atoms with Crippen LogP contribution >= 0.6 is 0 Å². The van der Waals surface area contributed by atoms with Crippen LogP contribution in [-0.4, -0.2) is 90.3 Å². The summed E-state index contributed by atoms with van der Waals surface area (Å²) in [5.74, 6) is -2.85. The van der Waals surface area contributed by atoms with E-state index in [0.717, 1.165) is 12.8 Å². The maximum absolute atomic E-state index is 14.9. The fraction of sp³-hybridized carbons (Fsp3) is 0.708. The van der Waals surface area contributed by atoms with Crippen LogP contribution < -0.4 is 4.74 Å².